The molecule has 47 heavy (non-hydrogen) atoms. The average Bonchev–Trinajstić information content (AvgIpc) is 3.57. The number of hydrogen-bond donors (Lipinski definition) is 2. The minimum atomic E-state index is -1.00. The Labute approximate surface area is 294 Å². The van der Waals surface area contributed by atoms with Gasteiger partial charge in [0.15, 0.2) is 0 Å². The molecule has 4 aromatic rings. The first-order chi connectivity index (χ1) is 21.4. The molecule has 6 rings (SSSR count). The van der Waals surface area contributed by atoms with E-state index >= 15 is 0 Å². The fraction of sp³-hybridized carbons (Fsp3) is 0.350. The van der Waals surface area contributed by atoms with Gasteiger partial charge in [-0.3, -0.25) is 0 Å². The molecule has 2 heterocycles. The molecule has 246 valence electrons. The van der Waals surface area contributed by atoms with E-state index in [0.29, 0.717) is 0 Å². The Morgan fingerprint density at radius 1 is 0.426 bits per heavy atom. The van der Waals surface area contributed by atoms with E-state index in [1.165, 1.54) is 11.1 Å². The second-order valence-corrected chi connectivity index (χ2v) is 15.1. The number of fused-ring (bicyclic) bond motifs is 2. The van der Waals surface area contributed by atoms with Crippen molar-refractivity contribution in [1.82, 2.24) is 9.15 Å². The van der Waals surface area contributed by atoms with Crippen molar-refractivity contribution in [3.63, 3.8) is 0 Å². The fourth-order valence-electron chi connectivity index (χ4n) is 5.55. The molecule has 0 bridgehead atoms. The van der Waals surface area contributed by atoms with Gasteiger partial charge in [0.1, 0.15) is 0 Å². The summed E-state index contributed by atoms with van der Waals surface area (Å²) in [5.74, 6) is 0. The van der Waals surface area contributed by atoms with Crippen molar-refractivity contribution in [1.29, 1.82) is 0 Å². The predicted molar refractivity (Wildman–Crippen MR) is 189 cm³/mol. The smallest absolute Gasteiger partial charge is 0.334 e. The number of nitrogens with zero attached hydrogens (tertiary/aromatic N) is 4. The molecule has 0 fully saturated rings. The Hall–Kier alpha value is -3.75. The molecule has 2 aliphatic heterocycles. The molecule has 4 aromatic carbocycles. The summed E-state index contributed by atoms with van der Waals surface area (Å²) in [5.41, 5.74) is 6.90. The summed E-state index contributed by atoms with van der Waals surface area (Å²) < 4.78 is 7.56. The molecule has 0 amide bonds. The van der Waals surface area contributed by atoms with E-state index in [4.69, 9.17) is 0 Å². The van der Waals surface area contributed by atoms with Crippen LogP contribution >= 0.6 is 0 Å². The van der Waals surface area contributed by atoms with Gasteiger partial charge in [0.05, 0.1) is 0 Å². The second kappa shape index (κ2) is 13.0. The third-order valence-corrected chi connectivity index (χ3v) is 8.20. The van der Waals surface area contributed by atoms with Gasteiger partial charge in [-0.2, -0.15) is 0 Å². The summed E-state index contributed by atoms with van der Waals surface area (Å²) in [6.45, 7) is 20.3. The normalized spacial score (nSPS) is 14.0. The van der Waals surface area contributed by atoms with Gasteiger partial charge in [-0.05, 0) is 31.1 Å². The molecule has 2 aliphatic rings. The van der Waals surface area contributed by atoms with Crippen molar-refractivity contribution in [3.05, 3.63) is 108 Å². The molecule has 0 atom stereocenters. The topological polar surface area (TPSA) is 52.5 Å². The van der Waals surface area contributed by atoms with Gasteiger partial charge in [0.25, 0.3) is 34.2 Å². The number of benzene rings is 4. The van der Waals surface area contributed by atoms with E-state index in [0.717, 1.165) is 34.1 Å². The van der Waals surface area contributed by atoms with E-state index in [-0.39, 0.29) is 31.9 Å². The average molecular weight is 812 g/mol. The Morgan fingerprint density at radius 2 is 0.702 bits per heavy atom. The molecule has 6 nitrogen and oxygen atoms in total. The maximum atomic E-state index is 10.4. The van der Waals surface area contributed by atoms with Crippen LogP contribution in [0.1, 0.15) is 80.4 Å². The van der Waals surface area contributed by atoms with Gasteiger partial charge in [-0.1, -0.05) is 99.2 Å². The van der Waals surface area contributed by atoms with E-state index in [9.17, 15) is 10.2 Å². The molecule has 7 heteroatoms. The van der Waals surface area contributed by atoms with E-state index in [1.54, 1.807) is 36.8 Å². The molecular formula is C40H48N4O2Pt+4. The fourth-order valence-corrected chi connectivity index (χ4v) is 5.55. The molecule has 0 radical (unpaired) electrons. The van der Waals surface area contributed by atoms with Crippen molar-refractivity contribution >= 4 is 46.1 Å². The van der Waals surface area contributed by atoms with Crippen molar-refractivity contribution in [2.45, 2.75) is 91.5 Å². The molecule has 0 unspecified atom stereocenters. The number of para-hydroxylation sites is 4. The third kappa shape index (κ3) is 7.70. The maximum Gasteiger partial charge on any atom is 0.499 e. The van der Waals surface area contributed by atoms with Gasteiger partial charge < -0.3 is 10.2 Å². The van der Waals surface area contributed by atoms with Crippen LogP contribution in [-0.4, -0.2) is 42.8 Å². The molecule has 0 spiro atoms. The summed E-state index contributed by atoms with van der Waals surface area (Å²) in [5, 5.41) is 20.8. The van der Waals surface area contributed by atoms with Crippen LogP contribution in [-0.2, 0) is 31.9 Å². The summed E-state index contributed by atoms with van der Waals surface area (Å²) >= 11 is 0. The van der Waals surface area contributed by atoms with Crippen LogP contribution < -0.4 is 9.15 Å². The van der Waals surface area contributed by atoms with Crippen LogP contribution in [0, 0.1) is 0 Å². The largest absolute Gasteiger partial charge is 0.499 e. The van der Waals surface area contributed by atoms with Gasteiger partial charge in [-0.15, -0.1) is 0 Å². The molecule has 2 N–H and O–H groups in total. The molecule has 0 aliphatic carbocycles. The molecule has 0 saturated heterocycles. The standard InChI is InChI=1S/2C20H24N2O.Pt/c2*1-19(2,3)15-10-12-16(13-11-15)21-14-22(20(4,5)23)18-9-7-6-8-17(18)21;/h2*6-13,23H,1-5H3;/q2*+2;. The van der Waals surface area contributed by atoms with Crippen molar-refractivity contribution in [2.24, 2.45) is 0 Å². The zero-order valence-corrected chi connectivity index (χ0v) is 31.5. The van der Waals surface area contributed by atoms with Crippen LogP contribution in [0.25, 0.3) is 0 Å². The van der Waals surface area contributed by atoms with E-state index in [1.807, 2.05) is 57.7 Å². The Bertz CT molecular complexity index is 1770. The predicted octanol–water partition coefficient (Wildman–Crippen LogP) is 8.75. The van der Waals surface area contributed by atoms with Gasteiger partial charge in [-0.25, -0.2) is 0 Å². The van der Waals surface area contributed by atoms with Gasteiger partial charge in [0, 0.05) is 97.3 Å². The molecule has 0 saturated carbocycles. The molecular weight excluding hydrogens is 764 g/mol. The van der Waals surface area contributed by atoms with Gasteiger partial charge >= 0.3 is 12.0 Å². The van der Waals surface area contributed by atoms with Crippen LogP contribution in [0.2, 0.25) is 0 Å². The first kappa shape index (κ1) is 36.1. The SMILES string of the molecule is CC(C)(C)c1ccc([N+]2=C=[N+](C(C)(C)O)c3ccccc32)cc1.CC(C)(C)c1ccc([N+]2=C=[N+](C(C)(C)O)c3ccccc32)cc1.[Pt]. The Kier molecular flexibility index (Phi) is 10.0. The van der Waals surface area contributed by atoms with Crippen LogP contribution in [0.15, 0.2) is 97.1 Å². The summed E-state index contributed by atoms with van der Waals surface area (Å²) in [6.07, 6.45) is 0. The Balaban J connectivity index is 0.000000208. The minimum absolute atomic E-state index is 0. The summed E-state index contributed by atoms with van der Waals surface area (Å²) in [7, 11) is 0. The first-order valence-electron chi connectivity index (χ1n) is 15.9. The number of rotatable bonds is 4. The van der Waals surface area contributed by atoms with Gasteiger partial charge in [0.2, 0.25) is 11.4 Å². The monoisotopic (exact) mass is 811 g/mol. The van der Waals surface area contributed by atoms with Crippen molar-refractivity contribution in [2.75, 3.05) is 0 Å². The number of hydrogen-bond acceptors (Lipinski definition) is 2. The zero-order chi connectivity index (χ0) is 33.7. The van der Waals surface area contributed by atoms with Crippen LogP contribution in [0.5, 0.6) is 0 Å². The maximum absolute atomic E-state index is 10.4. The third-order valence-electron chi connectivity index (χ3n) is 8.20. The zero-order valence-electron chi connectivity index (χ0n) is 29.2. The second-order valence-electron chi connectivity index (χ2n) is 15.1. The van der Waals surface area contributed by atoms with E-state index < -0.39 is 11.4 Å². The number of aliphatic hydroxyl groups is 2. The van der Waals surface area contributed by atoms with Crippen molar-refractivity contribution < 1.29 is 40.4 Å². The van der Waals surface area contributed by atoms with Crippen molar-refractivity contribution in [3.8, 4) is 0 Å². The minimum Gasteiger partial charge on any atom is -0.334 e. The Morgan fingerprint density at radius 3 is 0.957 bits per heavy atom. The van der Waals surface area contributed by atoms with E-state index in [2.05, 4.69) is 102 Å². The van der Waals surface area contributed by atoms with Crippen LogP contribution in [0.4, 0.5) is 34.1 Å². The summed E-state index contributed by atoms with van der Waals surface area (Å²) in [6, 6.07) is 39.7. The van der Waals surface area contributed by atoms with Crippen LogP contribution in [0.3, 0.4) is 0 Å². The summed E-state index contributed by atoms with van der Waals surface area (Å²) in [4.78, 5) is 0. The first-order valence-corrected chi connectivity index (χ1v) is 15.9. The quantitative estimate of drug-likeness (QED) is 0.203. The molecule has 0 aromatic heterocycles.